The van der Waals surface area contributed by atoms with Gasteiger partial charge in [0.2, 0.25) is 0 Å². The van der Waals surface area contributed by atoms with Crippen molar-refractivity contribution in [1.29, 1.82) is 0 Å². The number of hydrogen-bond donors (Lipinski definition) is 0. The molecule has 1 amide bonds. The van der Waals surface area contributed by atoms with Crippen LogP contribution >= 0.6 is 24.0 Å². The Morgan fingerprint density at radius 1 is 1.28 bits per heavy atom. The third-order valence-corrected chi connectivity index (χ3v) is 7.74. The predicted molar refractivity (Wildman–Crippen MR) is 113 cm³/mol. The summed E-state index contributed by atoms with van der Waals surface area (Å²) in [5, 5.41) is 11.2. The summed E-state index contributed by atoms with van der Waals surface area (Å²) in [7, 11) is -3.15. The fraction of sp³-hybridized carbons (Fsp3) is 0.222. The van der Waals surface area contributed by atoms with Gasteiger partial charge in [-0.2, -0.15) is 0 Å². The number of sulfone groups is 1. The minimum atomic E-state index is -3.15. The molecule has 1 aromatic heterocycles. The molecule has 2 aromatic rings. The van der Waals surface area contributed by atoms with Crippen LogP contribution in [-0.4, -0.2) is 46.0 Å². The summed E-state index contributed by atoms with van der Waals surface area (Å²) in [4.78, 5) is 25.2. The molecule has 1 aromatic carbocycles. The topological polar surface area (TPSA) is 111 Å². The van der Waals surface area contributed by atoms with Gasteiger partial charge in [-0.25, -0.2) is 8.42 Å². The second-order valence-corrected chi connectivity index (χ2v) is 10.5. The number of nitro groups is 1. The molecule has 1 unspecified atom stereocenters. The van der Waals surface area contributed by atoms with Crippen LogP contribution in [0.5, 0.6) is 0 Å². The summed E-state index contributed by atoms with van der Waals surface area (Å²) in [6.45, 7) is 0. The molecule has 8 nitrogen and oxygen atoms in total. The number of para-hydroxylation sites is 1. The number of carbonyl (C=O) groups excluding carboxylic acids is 1. The highest BCUT2D eigenvalue weighted by Gasteiger charge is 2.42. The molecule has 0 spiro atoms. The Hall–Kier alpha value is -2.50. The van der Waals surface area contributed by atoms with E-state index in [4.69, 9.17) is 16.6 Å². The van der Waals surface area contributed by atoms with Crippen molar-refractivity contribution in [1.82, 2.24) is 4.90 Å². The van der Waals surface area contributed by atoms with Gasteiger partial charge >= 0.3 is 0 Å². The fourth-order valence-electron chi connectivity index (χ4n) is 3.32. The maximum atomic E-state index is 12.8. The van der Waals surface area contributed by atoms with Gasteiger partial charge in [-0.15, -0.1) is 0 Å². The maximum Gasteiger partial charge on any atom is 0.280 e. The van der Waals surface area contributed by atoms with Gasteiger partial charge in [0.25, 0.3) is 11.6 Å². The number of hydrogen-bond acceptors (Lipinski definition) is 8. The summed E-state index contributed by atoms with van der Waals surface area (Å²) in [6, 6.07) is 8.97. The first-order valence-corrected chi connectivity index (χ1v) is 11.6. The van der Waals surface area contributed by atoms with Crippen LogP contribution in [0.3, 0.4) is 0 Å². The van der Waals surface area contributed by atoms with Gasteiger partial charge in [0.15, 0.2) is 9.84 Å². The predicted octanol–water partition coefficient (Wildman–Crippen LogP) is 3.24. The molecule has 0 saturated carbocycles. The van der Waals surface area contributed by atoms with Crippen LogP contribution in [0.1, 0.15) is 12.2 Å². The largest absolute Gasteiger partial charge is 0.456 e. The average Bonchev–Trinajstić information content (AvgIpc) is 3.34. The molecule has 2 saturated heterocycles. The first kappa shape index (κ1) is 19.8. The van der Waals surface area contributed by atoms with Crippen molar-refractivity contribution in [2.24, 2.45) is 0 Å². The van der Waals surface area contributed by atoms with E-state index in [0.717, 1.165) is 11.8 Å². The molecule has 1 atom stereocenters. The number of thioether (sulfide) groups is 1. The minimum absolute atomic E-state index is 0.0468. The van der Waals surface area contributed by atoms with Crippen LogP contribution in [0.4, 0.5) is 5.69 Å². The van der Waals surface area contributed by atoms with E-state index in [1.54, 1.807) is 30.3 Å². The number of amides is 1. The number of nitro benzene ring substituents is 1. The maximum absolute atomic E-state index is 12.8. The summed E-state index contributed by atoms with van der Waals surface area (Å²) in [5.74, 6) is 0.254. The van der Waals surface area contributed by atoms with Crippen LogP contribution in [0.15, 0.2) is 45.7 Å². The first-order chi connectivity index (χ1) is 13.7. The van der Waals surface area contributed by atoms with Crippen LogP contribution in [0, 0.1) is 10.1 Å². The van der Waals surface area contributed by atoms with Gasteiger partial charge in [-0.05, 0) is 24.6 Å². The van der Waals surface area contributed by atoms with Gasteiger partial charge in [-0.3, -0.25) is 19.8 Å². The van der Waals surface area contributed by atoms with Gasteiger partial charge in [-0.1, -0.05) is 36.1 Å². The van der Waals surface area contributed by atoms with E-state index in [1.165, 1.54) is 17.0 Å². The van der Waals surface area contributed by atoms with Crippen molar-refractivity contribution >= 4 is 55.8 Å². The average molecular weight is 451 g/mol. The molecule has 0 radical (unpaired) electrons. The second-order valence-electron chi connectivity index (χ2n) is 6.58. The van der Waals surface area contributed by atoms with Crippen LogP contribution < -0.4 is 0 Å². The Morgan fingerprint density at radius 3 is 2.72 bits per heavy atom. The molecule has 29 heavy (non-hydrogen) atoms. The van der Waals surface area contributed by atoms with Crippen LogP contribution in [0.2, 0.25) is 0 Å². The molecule has 11 heteroatoms. The zero-order chi connectivity index (χ0) is 20.8. The van der Waals surface area contributed by atoms with Crippen molar-refractivity contribution in [3.05, 3.63) is 57.2 Å². The third-order valence-electron chi connectivity index (χ3n) is 4.66. The highest BCUT2D eigenvalue weighted by Crippen LogP contribution is 2.37. The summed E-state index contributed by atoms with van der Waals surface area (Å²) in [5.41, 5.74) is 0.253. The summed E-state index contributed by atoms with van der Waals surface area (Å²) < 4.78 is 29.5. The minimum Gasteiger partial charge on any atom is -0.456 e. The monoisotopic (exact) mass is 450 g/mol. The van der Waals surface area contributed by atoms with Crippen molar-refractivity contribution in [3.63, 3.8) is 0 Å². The van der Waals surface area contributed by atoms with E-state index in [1.807, 2.05) is 0 Å². The number of nitrogens with zero attached hydrogens (tertiary/aromatic N) is 2. The first-order valence-electron chi connectivity index (χ1n) is 8.56. The number of thiocarbonyl (C=S) groups is 1. The number of furan rings is 1. The zero-order valence-corrected chi connectivity index (χ0v) is 17.3. The van der Waals surface area contributed by atoms with E-state index in [0.29, 0.717) is 32.7 Å². The molecule has 0 N–H and O–H groups in total. The molecule has 4 rings (SSSR count). The quantitative estimate of drug-likeness (QED) is 0.302. The van der Waals surface area contributed by atoms with E-state index >= 15 is 0 Å². The van der Waals surface area contributed by atoms with Gasteiger partial charge in [0.05, 0.1) is 32.9 Å². The highest BCUT2D eigenvalue weighted by atomic mass is 32.2. The lowest BCUT2D eigenvalue weighted by Gasteiger charge is -2.20. The Labute approximate surface area is 175 Å². The van der Waals surface area contributed by atoms with Crippen LogP contribution in [-0.2, 0) is 14.6 Å². The number of rotatable bonds is 4. The van der Waals surface area contributed by atoms with Gasteiger partial charge in [0, 0.05) is 12.1 Å². The Balaban J connectivity index is 1.59. The lowest BCUT2D eigenvalue weighted by molar-refractivity contribution is -0.384. The van der Waals surface area contributed by atoms with Gasteiger partial charge < -0.3 is 4.42 Å². The lowest BCUT2D eigenvalue weighted by Crippen LogP contribution is -2.39. The van der Waals surface area contributed by atoms with E-state index < -0.39 is 20.8 Å². The van der Waals surface area contributed by atoms with Crippen LogP contribution in [0.25, 0.3) is 17.4 Å². The molecule has 0 aliphatic carbocycles. The van der Waals surface area contributed by atoms with Crippen molar-refractivity contribution in [2.45, 2.75) is 12.5 Å². The zero-order valence-electron chi connectivity index (χ0n) is 14.8. The molecule has 2 aliphatic heterocycles. The second kappa shape index (κ2) is 7.39. The molecule has 3 heterocycles. The fourth-order valence-corrected chi connectivity index (χ4v) is 6.40. The highest BCUT2D eigenvalue weighted by molar-refractivity contribution is 8.26. The van der Waals surface area contributed by atoms with E-state index in [2.05, 4.69) is 0 Å². The number of carbonyl (C=O) groups is 1. The van der Waals surface area contributed by atoms with E-state index in [-0.39, 0.29) is 23.1 Å². The Kier molecular flexibility index (Phi) is 5.05. The lowest BCUT2D eigenvalue weighted by atomic mass is 10.1. The SMILES string of the molecule is O=C1/C(=C/c2ccc(-c3ccccc3[N+](=O)[O-])o2)SC(=S)N1C1CCS(=O)(=O)C1. The number of benzene rings is 1. The van der Waals surface area contributed by atoms with Crippen molar-refractivity contribution < 1.29 is 22.6 Å². The molecule has 2 aliphatic rings. The van der Waals surface area contributed by atoms with Gasteiger partial charge in [0.1, 0.15) is 15.8 Å². The van der Waals surface area contributed by atoms with Crippen molar-refractivity contribution in [3.8, 4) is 11.3 Å². The molecular weight excluding hydrogens is 436 g/mol. The molecule has 0 bridgehead atoms. The third kappa shape index (κ3) is 3.85. The molecular formula is C18H14N2O6S3. The summed E-state index contributed by atoms with van der Waals surface area (Å²) in [6.07, 6.45) is 1.88. The Morgan fingerprint density at radius 2 is 2.03 bits per heavy atom. The smallest absolute Gasteiger partial charge is 0.280 e. The van der Waals surface area contributed by atoms with E-state index in [9.17, 15) is 23.3 Å². The van der Waals surface area contributed by atoms with Crippen molar-refractivity contribution in [2.75, 3.05) is 11.5 Å². The standard InChI is InChI=1S/C18H14N2O6S3/c21-17-16(28-18(27)19(17)11-7-8-29(24,25)10-11)9-12-5-6-15(26-12)13-3-1-2-4-14(13)20(22)23/h1-6,9,11H,7-8,10H2/b16-9-. The summed E-state index contributed by atoms with van der Waals surface area (Å²) >= 11 is 6.36. The Bertz CT molecular complexity index is 1170. The normalized spacial score (nSPS) is 22.6. The molecule has 2 fully saturated rings. The molecule has 150 valence electrons.